The van der Waals surface area contributed by atoms with Crippen LogP contribution in [0.15, 0.2) is 97.1 Å². The highest BCUT2D eigenvalue weighted by Crippen LogP contribution is 2.40. The van der Waals surface area contributed by atoms with Gasteiger partial charge < -0.3 is 4.74 Å². The van der Waals surface area contributed by atoms with Gasteiger partial charge in [0.25, 0.3) is 0 Å². The van der Waals surface area contributed by atoms with E-state index in [0.29, 0.717) is 0 Å². The molecule has 4 aromatic rings. The Bertz CT molecular complexity index is 1040. The molecule has 0 amide bonds. The highest BCUT2D eigenvalue weighted by molar-refractivity contribution is 7.18. The number of rotatable bonds is 7. The van der Waals surface area contributed by atoms with Crippen LogP contribution < -0.4 is 4.74 Å². The summed E-state index contributed by atoms with van der Waals surface area (Å²) in [5.41, 5.74) is 4.96. The van der Waals surface area contributed by atoms with Gasteiger partial charge in [-0.1, -0.05) is 61.9 Å². The van der Waals surface area contributed by atoms with Crippen molar-refractivity contribution in [3.63, 3.8) is 0 Å². The highest BCUT2D eigenvalue weighted by Gasteiger charge is 2.21. The van der Waals surface area contributed by atoms with Crippen LogP contribution in [0.2, 0.25) is 0 Å². The monoisotopic (exact) mass is 397 g/mol. The minimum atomic E-state index is 0.777. The van der Waals surface area contributed by atoms with E-state index in [1.807, 2.05) is 11.3 Å². The zero-order valence-electron chi connectivity index (χ0n) is 16.7. The molecule has 1 nitrogen and oxygen atoms in total. The Labute approximate surface area is 177 Å². The minimum Gasteiger partial charge on any atom is -0.494 e. The molecule has 0 unspecified atom stereocenters. The fourth-order valence-corrected chi connectivity index (χ4v) is 4.45. The molecule has 3 aromatic carbocycles. The molecule has 0 spiro atoms. The van der Waals surface area contributed by atoms with Gasteiger partial charge in [0.1, 0.15) is 5.75 Å². The number of benzene rings is 3. The van der Waals surface area contributed by atoms with E-state index in [0.717, 1.165) is 25.2 Å². The van der Waals surface area contributed by atoms with Gasteiger partial charge in [0.2, 0.25) is 21.1 Å². The van der Waals surface area contributed by atoms with Crippen LogP contribution in [0.4, 0.5) is 0 Å². The van der Waals surface area contributed by atoms with E-state index < -0.39 is 0 Å². The van der Waals surface area contributed by atoms with Gasteiger partial charge in [-0.3, -0.25) is 0 Å². The Morgan fingerprint density at radius 3 is 1.97 bits per heavy atom. The van der Waals surface area contributed by atoms with Crippen LogP contribution in [0.5, 0.6) is 5.75 Å². The molecule has 0 aliphatic carbocycles. The highest BCUT2D eigenvalue weighted by atomic mass is 32.1. The predicted octanol–water partition coefficient (Wildman–Crippen LogP) is 8.21. The Hall–Kier alpha value is -2.97. The number of hydrogen-bond donors (Lipinski definition) is 0. The molecule has 0 N–H and O–H groups in total. The molecule has 1 aromatic heterocycles. The zero-order chi connectivity index (χ0) is 19.9. The second-order valence-electron chi connectivity index (χ2n) is 7.00. The van der Waals surface area contributed by atoms with Crippen LogP contribution in [0.3, 0.4) is 0 Å². The third-order valence-corrected chi connectivity index (χ3v) is 6.14. The molecule has 0 atom stereocenters. The fraction of sp³-hybridized carbons (Fsp3) is 0.148. The molecule has 0 saturated carbocycles. The van der Waals surface area contributed by atoms with Crippen molar-refractivity contribution in [2.45, 2.75) is 19.8 Å². The molecule has 29 heavy (non-hydrogen) atoms. The first-order valence-electron chi connectivity index (χ1n) is 10.2. The SMILES string of the molecule is CCCCOc1ccc(-c2ccc(-c3ccccc3)[s+]c2-c2ccccc2)cc1. The average molecular weight is 398 g/mol. The zero-order valence-corrected chi connectivity index (χ0v) is 17.5. The standard InChI is InChI=1S/C27H25OS/c1-2-3-20-28-24-16-14-21(15-17-24)25-18-19-26(22-10-6-4-7-11-22)29-27(25)23-12-8-5-9-13-23/h4-19H,2-3,20H2,1H3/q+1. The van der Waals surface area contributed by atoms with Crippen LogP contribution in [-0.4, -0.2) is 6.61 Å². The third kappa shape index (κ3) is 4.72. The van der Waals surface area contributed by atoms with Crippen molar-refractivity contribution in [1.29, 1.82) is 0 Å². The lowest BCUT2D eigenvalue weighted by atomic mass is 10.0. The second-order valence-corrected chi connectivity index (χ2v) is 8.05. The van der Waals surface area contributed by atoms with Gasteiger partial charge in [-0.25, -0.2) is 0 Å². The summed E-state index contributed by atoms with van der Waals surface area (Å²) in [7, 11) is 0. The molecule has 0 saturated heterocycles. The van der Waals surface area contributed by atoms with Crippen LogP contribution >= 0.6 is 11.3 Å². The molecule has 1 heterocycles. The van der Waals surface area contributed by atoms with E-state index in [2.05, 4.69) is 104 Å². The molecule has 0 fully saturated rings. The van der Waals surface area contributed by atoms with E-state index in [-0.39, 0.29) is 0 Å². The smallest absolute Gasteiger partial charge is 0.246 e. The van der Waals surface area contributed by atoms with Gasteiger partial charge in [-0.2, -0.15) is 0 Å². The van der Waals surface area contributed by atoms with Crippen molar-refractivity contribution in [3.8, 4) is 37.8 Å². The third-order valence-electron chi connectivity index (χ3n) is 4.88. The molecule has 0 aliphatic heterocycles. The molecular weight excluding hydrogens is 372 g/mol. The lowest BCUT2D eigenvalue weighted by Gasteiger charge is -2.07. The quantitative estimate of drug-likeness (QED) is 0.225. The van der Waals surface area contributed by atoms with Crippen LogP contribution in [0, 0.1) is 0 Å². The maximum absolute atomic E-state index is 5.83. The first kappa shape index (κ1) is 19.4. The average Bonchev–Trinajstić information content (AvgIpc) is 2.80. The number of ether oxygens (including phenoxy) is 1. The maximum Gasteiger partial charge on any atom is 0.246 e. The van der Waals surface area contributed by atoms with Crippen LogP contribution in [0.25, 0.3) is 32.0 Å². The van der Waals surface area contributed by atoms with Crippen molar-refractivity contribution in [2.75, 3.05) is 6.61 Å². The molecule has 0 radical (unpaired) electrons. The Morgan fingerprint density at radius 2 is 1.31 bits per heavy atom. The Kier molecular flexibility index (Phi) is 6.33. The van der Waals surface area contributed by atoms with Gasteiger partial charge in [-0.05, 0) is 54.4 Å². The van der Waals surface area contributed by atoms with Gasteiger partial charge in [-0.15, -0.1) is 0 Å². The van der Waals surface area contributed by atoms with Gasteiger partial charge in [0.15, 0.2) is 0 Å². The van der Waals surface area contributed by atoms with Gasteiger partial charge in [0.05, 0.1) is 6.61 Å². The predicted molar refractivity (Wildman–Crippen MR) is 125 cm³/mol. The van der Waals surface area contributed by atoms with E-state index >= 15 is 0 Å². The normalized spacial score (nSPS) is 10.7. The van der Waals surface area contributed by atoms with Crippen molar-refractivity contribution in [3.05, 3.63) is 97.1 Å². The van der Waals surface area contributed by atoms with E-state index in [1.165, 1.54) is 32.0 Å². The lowest BCUT2D eigenvalue weighted by molar-refractivity contribution is 0.309. The lowest BCUT2D eigenvalue weighted by Crippen LogP contribution is -1.96. The summed E-state index contributed by atoms with van der Waals surface area (Å²) in [5.74, 6) is 0.938. The summed E-state index contributed by atoms with van der Waals surface area (Å²) in [4.78, 5) is 2.55. The molecular formula is C27H25OS+. The minimum absolute atomic E-state index is 0.777. The Balaban J connectivity index is 1.73. The summed E-state index contributed by atoms with van der Waals surface area (Å²) >= 11 is 1.84. The molecule has 0 aliphatic rings. The summed E-state index contributed by atoms with van der Waals surface area (Å²) < 4.78 is 5.83. The summed E-state index contributed by atoms with van der Waals surface area (Å²) in [6, 6.07) is 34.2. The molecule has 4 rings (SSSR count). The van der Waals surface area contributed by atoms with Crippen molar-refractivity contribution in [2.24, 2.45) is 0 Å². The van der Waals surface area contributed by atoms with Crippen LogP contribution in [0.1, 0.15) is 19.8 Å². The molecule has 144 valence electrons. The van der Waals surface area contributed by atoms with Gasteiger partial charge >= 0.3 is 0 Å². The summed E-state index contributed by atoms with van der Waals surface area (Å²) in [6.07, 6.45) is 2.23. The first-order chi connectivity index (χ1) is 14.3. The van der Waals surface area contributed by atoms with Crippen LogP contribution in [-0.2, 0) is 0 Å². The van der Waals surface area contributed by atoms with Crippen molar-refractivity contribution < 1.29 is 4.74 Å². The largest absolute Gasteiger partial charge is 0.494 e. The van der Waals surface area contributed by atoms with E-state index in [1.54, 1.807) is 0 Å². The number of hydrogen-bond acceptors (Lipinski definition) is 1. The topological polar surface area (TPSA) is 9.23 Å². The second kappa shape index (κ2) is 9.49. The first-order valence-corrected chi connectivity index (χ1v) is 11.0. The van der Waals surface area contributed by atoms with E-state index in [4.69, 9.17) is 4.74 Å². The molecule has 0 bridgehead atoms. The summed E-state index contributed by atoms with van der Waals surface area (Å²) in [5, 5.41) is 0. The van der Waals surface area contributed by atoms with E-state index in [9.17, 15) is 0 Å². The van der Waals surface area contributed by atoms with Crippen molar-refractivity contribution in [1.82, 2.24) is 0 Å². The summed E-state index contributed by atoms with van der Waals surface area (Å²) in [6.45, 7) is 2.96. The fourth-order valence-electron chi connectivity index (χ4n) is 3.29. The maximum atomic E-state index is 5.83. The number of unbranched alkanes of at least 4 members (excludes halogenated alkanes) is 1. The van der Waals surface area contributed by atoms with Crippen molar-refractivity contribution >= 4 is 11.3 Å². The van der Waals surface area contributed by atoms with Gasteiger partial charge in [0, 0.05) is 22.8 Å². The molecule has 2 heteroatoms. The Morgan fingerprint density at radius 1 is 0.655 bits per heavy atom.